The van der Waals surface area contributed by atoms with Gasteiger partial charge in [-0.15, -0.1) is 0 Å². The third-order valence-corrected chi connectivity index (χ3v) is 4.36. The van der Waals surface area contributed by atoms with Crippen molar-refractivity contribution in [3.63, 3.8) is 0 Å². The molecular formula is C17H24N2. The van der Waals surface area contributed by atoms with Gasteiger partial charge in [-0.25, -0.2) is 0 Å². The number of rotatable bonds is 5. The van der Waals surface area contributed by atoms with Gasteiger partial charge in [0.25, 0.3) is 0 Å². The van der Waals surface area contributed by atoms with Crippen LogP contribution in [0.25, 0.3) is 0 Å². The Morgan fingerprint density at radius 1 is 1.21 bits per heavy atom. The lowest BCUT2D eigenvalue weighted by atomic mass is 9.84. The number of benzene rings is 1. The van der Waals surface area contributed by atoms with Gasteiger partial charge >= 0.3 is 0 Å². The topological polar surface area (TPSA) is 35.8 Å². The zero-order chi connectivity index (χ0) is 13.5. The summed E-state index contributed by atoms with van der Waals surface area (Å²) in [4.78, 5) is 0. The first-order chi connectivity index (χ1) is 9.31. The molecule has 0 radical (unpaired) electrons. The quantitative estimate of drug-likeness (QED) is 0.868. The van der Waals surface area contributed by atoms with E-state index >= 15 is 0 Å². The van der Waals surface area contributed by atoms with Gasteiger partial charge in [0.1, 0.15) is 0 Å². The molecule has 0 aromatic heterocycles. The lowest BCUT2D eigenvalue weighted by Crippen LogP contribution is -2.37. The highest BCUT2D eigenvalue weighted by Crippen LogP contribution is 2.26. The average Bonchev–Trinajstić information content (AvgIpc) is 2.49. The number of nitrogens with zero attached hydrogens (tertiary/aromatic N) is 1. The van der Waals surface area contributed by atoms with Crippen LogP contribution in [0.5, 0.6) is 0 Å². The zero-order valence-electron chi connectivity index (χ0n) is 11.8. The molecule has 0 heterocycles. The normalized spacial score (nSPS) is 19.6. The molecule has 1 fully saturated rings. The summed E-state index contributed by atoms with van der Waals surface area (Å²) in [5.41, 5.74) is 1.12. The number of nitrogens with one attached hydrogen (secondary N) is 1. The van der Waals surface area contributed by atoms with Crippen LogP contribution in [-0.2, 0) is 0 Å². The minimum Gasteiger partial charge on any atom is -0.312 e. The summed E-state index contributed by atoms with van der Waals surface area (Å²) in [6.07, 6.45) is 6.83. The van der Waals surface area contributed by atoms with E-state index in [4.69, 9.17) is 0 Å². The summed E-state index contributed by atoms with van der Waals surface area (Å²) in [5, 5.41) is 12.9. The molecule has 19 heavy (non-hydrogen) atoms. The van der Waals surface area contributed by atoms with Gasteiger partial charge < -0.3 is 5.32 Å². The maximum atomic E-state index is 9.31. The van der Waals surface area contributed by atoms with Gasteiger partial charge in [-0.1, -0.05) is 49.6 Å². The Bertz CT molecular complexity index is 401. The largest absolute Gasteiger partial charge is 0.312 e. The molecule has 1 aliphatic rings. The maximum absolute atomic E-state index is 9.31. The molecule has 2 atom stereocenters. The van der Waals surface area contributed by atoms with Crippen LogP contribution in [0.4, 0.5) is 0 Å². The summed E-state index contributed by atoms with van der Waals surface area (Å²) < 4.78 is 0. The molecule has 0 spiro atoms. The monoisotopic (exact) mass is 256 g/mol. The molecule has 0 aliphatic heterocycles. The van der Waals surface area contributed by atoms with E-state index in [9.17, 15) is 5.26 Å². The fourth-order valence-electron chi connectivity index (χ4n) is 3.03. The van der Waals surface area contributed by atoms with Crippen molar-refractivity contribution in [3.8, 4) is 6.07 Å². The summed E-state index contributed by atoms with van der Waals surface area (Å²) in [5.74, 6) is 0.760. The van der Waals surface area contributed by atoms with E-state index in [0.29, 0.717) is 6.04 Å². The van der Waals surface area contributed by atoms with Crippen LogP contribution in [0.3, 0.4) is 0 Å². The molecule has 1 N–H and O–H groups in total. The average molecular weight is 256 g/mol. The molecule has 2 nitrogen and oxygen atoms in total. The number of hydrogen-bond acceptors (Lipinski definition) is 2. The van der Waals surface area contributed by atoms with Crippen molar-refractivity contribution in [3.05, 3.63) is 35.9 Å². The Morgan fingerprint density at radius 3 is 2.53 bits per heavy atom. The fourth-order valence-corrected chi connectivity index (χ4v) is 3.03. The Hall–Kier alpha value is -1.33. The molecule has 2 rings (SSSR count). The molecule has 1 aliphatic carbocycles. The molecule has 2 heteroatoms. The number of nitriles is 1. The number of hydrogen-bond donors (Lipinski definition) is 1. The fraction of sp³-hybridized carbons (Fsp3) is 0.588. The second-order valence-corrected chi connectivity index (χ2v) is 5.69. The molecule has 0 amide bonds. The molecule has 1 aromatic rings. The van der Waals surface area contributed by atoms with Crippen LogP contribution in [0.1, 0.15) is 50.5 Å². The van der Waals surface area contributed by atoms with E-state index in [-0.39, 0.29) is 5.92 Å². The Balaban J connectivity index is 1.84. The van der Waals surface area contributed by atoms with E-state index < -0.39 is 0 Å². The Kier molecular flexibility index (Phi) is 5.42. The summed E-state index contributed by atoms with van der Waals surface area (Å²) in [7, 11) is 0. The SMILES string of the molecule is C[C@@H](NCC(C#N)c1ccccc1)C1CCCCC1. The lowest BCUT2D eigenvalue weighted by Gasteiger charge is -2.29. The van der Waals surface area contributed by atoms with Crippen molar-refractivity contribution < 1.29 is 0 Å². The van der Waals surface area contributed by atoms with Crippen molar-refractivity contribution in [1.29, 1.82) is 5.26 Å². The first kappa shape index (κ1) is 14.1. The van der Waals surface area contributed by atoms with E-state index in [2.05, 4.69) is 18.3 Å². The van der Waals surface area contributed by atoms with Crippen molar-refractivity contribution >= 4 is 0 Å². The molecule has 1 saturated carbocycles. The van der Waals surface area contributed by atoms with Crippen LogP contribution in [0.15, 0.2) is 30.3 Å². The van der Waals surface area contributed by atoms with Gasteiger partial charge in [0.2, 0.25) is 0 Å². The third kappa shape index (κ3) is 4.08. The van der Waals surface area contributed by atoms with Crippen molar-refractivity contribution in [2.75, 3.05) is 6.54 Å². The minimum atomic E-state index is -0.0350. The second-order valence-electron chi connectivity index (χ2n) is 5.69. The molecule has 1 aromatic carbocycles. The highest BCUT2D eigenvalue weighted by Gasteiger charge is 2.20. The first-order valence-electron chi connectivity index (χ1n) is 7.49. The van der Waals surface area contributed by atoms with Crippen LogP contribution >= 0.6 is 0 Å². The third-order valence-electron chi connectivity index (χ3n) is 4.36. The predicted molar refractivity (Wildman–Crippen MR) is 78.8 cm³/mol. The van der Waals surface area contributed by atoms with Crippen LogP contribution in [-0.4, -0.2) is 12.6 Å². The van der Waals surface area contributed by atoms with E-state index in [1.165, 1.54) is 32.1 Å². The smallest absolute Gasteiger partial charge is 0.0837 e. The minimum absolute atomic E-state index is 0.0350. The van der Waals surface area contributed by atoms with Crippen molar-refractivity contribution in [1.82, 2.24) is 5.32 Å². The second kappa shape index (κ2) is 7.31. The summed E-state index contributed by atoms with van der Waals surface area (Å²) in [6.45, 7) is 3.04. The molecule has 1 unspecified atom stereocenters. The zero-order valence-corrected chi connectivity index (χ0v) is 11.8. The van der Waals surface area contributed by atoms with Gasteiger partial charge in [0.05, 0.1) is 12.0 Å². The Morgan fingerprint density at radius 2 is 1.89 bits per heavy atom. The summed E-state index contributed by atoms with van der Waals surface area (Å²) in [6, 6.07) is 13.0. The maximum Gasteiger partial charge on any atom is 0.0837 e. The van der Waals surface area contributed by atoms with Crippen LogP contribution in [0, 0.1) is 17.2 Å². The van der Waals surface area contributed by atoms with Crippen molar-refractivity contribution in [2.45, 2.75) is 51.0 Å². The highest BCUT2D eigenvalue weighted by molar-refractivity contribution is 5.25. The molecule has 0 bridgehead atoms. The predicted octanol–water partition coefficient (Wildman–Crippen LogP) is 3.85. The summed E-state index contributed by atoms with van der Waals surface area (Å²) >= 11 is 0. The molecule has 0 saturated heterocycles. The van der Waals surface area contributed by atoms with Crippen molar-refractivity contribution in [2.24, 2.45) is 5.92 Å². The first-order valence-corrected chi connectivity index (χ1v) is 7.49. The highest BCUT2D eigenvalue weighted by atomic mass is 14.9. The van der Waals surface area contributed by atoms with Gasteiger partial charge in [0, 0.05) is 12.6 Å². The van der Waals surface area contributed by atoms with E-state index in [1.54, 1.807) is 0 Å². The van der Waals surface area contributed by atoms with E-state index in [1.807, 2.05) is 30.3 Å². The van der Waals surface area contributed by atoms with Crippen LogP contribution < -0.4 is 5.32 Å². The standard InChI is InChI=1S/C17H24N2/c1-14(15-8-4-2-5-9-15)19-13-17(12-18)16-10-6-3-7-11-16/h3,6-7,10-11,14-15,17,19H,2,4-5,8-9,13H2,1H3/t14-,17?/m1/s1. The van der Waals surface area contributed by atoms with Gasteiger partial charge in [-0.2, -0.15) is 5.26 Å². The molecule has 102 valence electrons. The van der Waals surface area contributed by atoms with Crippen LogP contribution in [0.2, 0.25) is 0 Å². The van der Waals surface area contributed by atoms with E-state index in [0.717, 1.165) is 18.0 Å². The van der Waals surface area contributed by atoms with Gasteiger partial charge in [0.15, 0.2) is 0 Å². The van der Waals surface area contributed by atoms with Gasteiger partial charge in [-0.05, 0) is 31.2 Å². The molecular weight excluding hydrogens is 232 g/mol. The lowest BCUT2D eigenvalue weighted by molar-refractivity contribution is 0.281. The Labute approximate surface area is 116 Å². The van der Waals surface area contributed by atoms with Gasteiger partial charge in [-0.3, -0.25) is 0 Å².